The van der Waals surface area contributed by atoms with Gasteiger partial charge in [0.25, 0.3) is 5.91 Å². The van der Waals surface area contributed by atoms with Gasteiger partial charge in [0.2, 0.25) is 11.7 Å². The molecule has 0 spiro atoms. The highest BCUT2D eigenvalue weighted by Gasteiger charge is 2.21. The van der Waals surface area contributed by atoms with E-state index in [1.54, 1.807) is 19.1 Å². The molecular weight excluding hydrogens is 382 g/mol. The van der Waals surface area contributed by atoms with Gasteiger partial charge in [-0.05, 0) is 17.9 Å². The molecule has 0 atom stereocenters. The van der Waals surface area contributed by atoms with E-state index in [0.717, 1.165) is 21.7 Å². The summed E-state index contributed by atoms with van der Waals surface area (Å²) in [5.41, 5.74) is 2.02. The minimum absolute atomic E-state index is 0.0461. The van der Waals surface area contributed by atoms with Crippen molar-refractivity contribution in [3.05, 3.63) is 83.6 Å². The molecule has 0 fully saturated rings. The Morgan fingerprint density at radius 1 is 0.867 bits per heavy atom. The predicted molar refractivity (Wildman–Crippen MR) is 112 cm³/mol. The van der Waals surface area contributed by atoms with Crippen LogP contribution in [0.3, 0.4) is 0 Å². The van der Waals surface area contributed by atoms with Crippen molar-refractivity contribution >= 4 is 39.5 Å². The molecule has 3 aromatic carbocycles. The van der Waals surface area contributed by atoms with E-state index in [1.807, 2.05) is 54.6 Å². The number of rotatable bonds is 5. The van der Waals surface area contributed by atoms with Crippen LogP contribution in [0.2, 0.25) is 0 Å². The van der Waals surface area contributed by atoms with Gasteiger partial charge in [-0.25, -0.2) is 4.79 Å². The fraction of sp³-hybridized carbons (Fsp3) is 0.125. The summed E-state index contributed by atoms with van der Waals surface area (Å²) in [6.45, 7) is 1.19. The highest BCUT2D eigenvalue weighted by atomic mass is 16.5. The van der Waals surface area contributed by atoms with Crippen LogP contribution in [0.4, 0.5) is 0 Å². The normalized spacial score (nSPS) is 10.8. The first kappa shape index (κ1) is 19.4. The topological polar surface area (TPSA) is 85.6 Å². The predicted octanol–water partition coefficient (Wildman–Crippen LogP) is 3.94. The monoisotopic (exact) mass is 401 g/mol. The van der Waals surface area contributed by atoms with Gasteiger partial charge in [0.15, 0.2) is 6.61 Å². The largest absolute Gasteiger partial charge is 0.450 e. The second-order valence-corrected chi connectivity index (χ2v) is 6.93. The van der Waals surface area contributed by atoms with Crippen molar-refractivity contribution in [1.29, 1.82) is 0 Å². The molecule has 6 heteroatoms. The van der Waals surface area contributed by atoms with E-state index in [9.17, 15) is 14.4 Å². The van der Waals surface area contributed by atoms with Crippen LogP contribution < -0.4 is 5.32 Å². The Morgan fingerprint density at radius 3 is 2.40 bits per heavy atom. The van der Waals surface area contributed by atoms with Crippen molar-refractivity contribution in [2.24, 2.45) is 0 Å². The highest BCUT2D eigenvalue weighted by molar-refractivity contribution is 6.08. The summed E-state index contributed by atoms with van der Waals surface area (Å²) >= 11 is 0. The van der Waals surface area contributed by atoms with Gasteiger partial charge < -0.3 is 9.15 Å². The number of hydrogen-bond donors (Lipinski definition) is 1. The molecule has 150 valence electrons. The molecule has 0 aliphatic heterocycles. The molecule has 0 radical (unpaired) electrons. The van der Waals surface area contributed by atoms with Crippen molar-refractivity contribution in [1.82, 2.24) is 5.32 Å². The third kappa shape index (κ3) is 3.93. The zero-order valence-corrected chi connectivity index (χ0v) is 16.3. The molecule has 6 nitrogen and oxygen atoms in total. The lowest BCUT2D eigenvalue weighted by molar-refractivity contribution is -0.132. The Hall–Kier alpha value is -3.93. The number of amides is 2. The van der Waals surface area contributed by atoms with Gasteiger partial charge in [0.1, 0.15) is 5.58 Å². The van der Waals surface area contributed by atoms with E-state index in [-0.39, 0.29) is 12.2 Å². The summed E-state index contributed by atoms with van der Waals surface area (Å²) in [4.78, 5) is 36.4. The van der Waals surface area contributed by atoms with E-state index < -0.39 is 24.4 Å². The number of ether oxygens (including phenoxy) is 1. The SMILES string of the molecule is Cc1c(C(=O)OCC(=O)NC(=O)Cc2ccccc2)oc2c1ccc1ccccc12. The van der Waals surface area contributed by atoms with E-state index in [4.69, 9.17) is 9.15 Å². The number of benzene rings is 3. The van der Waals surface area contributed by atoms with Gasteiger partial charge in [-0.1, -0.05) is 66.7 Å². The molecule has 4 aromatic rings. The van der Waals surface area contributed by atoms with Gasteiger partial charge in [-0.3, -0.25) is 14.9 Å². The van der Waals surface area contributed by atoms with Crippen LogP contribution in [0.15, 0.2) is 71.1 Å². The zero-order valence-electron chi connectivity index (χ0n) is 16.3. The van der Waals surface area contributed by atoms with Gasteiger partial charge in [0.05, 0.1) is 6.42 Å². The van der Waals surface area contributed by atoms with Gasteiger partial charge in [-0.15, -0.1) is 0 Å². The molecule has 0 aliphatic rings. The Kier molecular flexibility index (Phi) is 5.30. The van der Waals surface area contributed by atoms with E-state index in [0.29, 0.717) is 11.1 Å². The number of carbonyl (C=O) groups excluding carboxylic acids is 3. The molecule has 0 saturated carbocycles. The Labute approximate surface area is 172 Å². The van der Waals surface area contributed by atoms with Gasteiger partial charge in [0, 0.05) is 16.3 Å². The average Bonchev–Trinajstić information content (AvgIpc) is 3.10. The average molecular weight is 401 g/mol. The molecule has 0 bridgehead atoms. The number of fused-ring (bicyclic) bond motifs is 3. The molecule has 4 rings (SSSR count). The molecule has 0 saturated heterocycles. The number of hydrogen-bond acceptors (Lipinski definition) is 5. The molecule has 1 heterocycles. The quantitative estimate of drug-likeness (QED) is 0.512. The van der Waals surface area contributed by atoms with Crippen molar-refractivity contribution in [2.75, 3.05) is 6.61 Å². The van der Waals surface area contributed by atoms with Crippen molar-refractivity contribution in [3.8, 4) is 0 Å². The Balaban J connectivity index is 1.42. The van der Waals surface area contributed by atoms with Crippen molar-refractivity contribution in [2.45, 2.75) is 13.3 Å². The minimum Gasteiger partial charge on any atom is -0.450 e. The third-order valence-corrected chi connectivity index (χ3v) is 4.83. The Bertz CT molecular complexity index is 1260. The van der Waals surface area contributed by atoms with E-state index in [2.05, 4.69) is 5.32 Å². The molecule has 1 aromatic heterocycles. The van der Waals surface area contributed by atoms with Crippen LogP contribution >= 0.6 is 0 Å². The maximum atomic E-state index is 12.5. The molecule has 2 amide bonds. The lowest BCUT2D eigenvalue weighted by atomic mass is 10.1. The standard InChI is InChI=1S/C24H19NO5/c1-15-18-12-11-17-9-5-6-10-19(17)23(18)30-22(15)24(28)29-14-21(27)25-20(26)13-16-7-3-2-4-8-16/h2-12H,13-14H2,1H3,(H,25,26,27). The van der Waals surface area contributed by atoms with Crippen LogP contribution in [-0.4, -0.2) is 24.4 Å². The summed E-state index contributed by atoms with van der Waals surface area (Å²) in [6, 6.07) is 20.6. The van der Waals surface area contributed by atoms with E-state index in [1.165, 1.54) is 0 Å². The zero-order chi connectivity index (χ0) is 21.1. The molecule has 0 unspecified atom stereocenters. The second kappa shape index (κ2) is 8.21. The van der Waals surface area contributed by atoms with Crippen molar-refractivity contribution in [3.63, 3.8) is 0 Å². The van der Waals surface area contributed by atoms with Crippen LogP contribution in [-0.2, 0) is 20.7 Å². The number of furan rings is 1. The number of carbonyl (C=O) groups is 3. The number of aryl methyl sites for hydroxylation is 1. The number of esters is 1. The molecule has 30 heavy (non-hydrogen) atoms. The minimum atomic E-state index is -0.751. The smallest absolute Gasteiger partial charge is 0.375 e. The summed E-state index contributed by atoms with van der Waals surface area (Å²) in [5.74, 6) is -1.86. The van der Waals surface area contributed by atoms with Crippen molar-refractivity contribution < 1.29 is 23.5 Å². The fourth-order valence-corrected chi connectivity index (χ4v) is 3.36. The van der Waals surface area contributed by atoms with Gasteiger partial charge in [-0.2, -0.15) is 0 Å². The van der Waals surface area contributed by atoms with Crippen LogP contribution in [0, 0.1) is 6.92 Å². The van der Waals surface area contributed by atoms with Gasteiger partial charge >= 0.3 is 5.97 Å². The van der Waals surface area contributed by atoms with E-state index >= 15 is 0 Å². The maximum absolute atomic E-state index is 12.5. The fourth-order valence-electron chi connectivity index (χ4n) is 3.36. The summed E-state index contributed by atoms with van der Waals surface area (Å²) in [6.07, 6.45) is 0.0658. The van der Waals surface area contributed by atoms with Crippen LogP contribution in [0.5, 0.6) is 0 Å². The summed E-state index contributed by atoms with van der Waals surface area (Å²) in [5, 5.41) is 4.91. The first-order chi connectivity index (χ1) is 14.5. The highest BCUT2D eigenvalue weighted by Crippen LogP contribution is 2.31. The van der Waals surface area contributed by atoms with Crippen LogP contribution in [0.25, 0.3) is 21.7 Å². The number of imide groups is 1. The lowest BCUT2D eigenvalue weighted by Gasteiger charge is -2.05. The first-order valence-electron chi connectivity index (χ1n) is 9.47. The molecule has 1 N–H and O–H groups in total. The first-order valence-corrected chi connectivity index (χ1v) is 9.47. The molecule has 0 aliphatic carbocycles. The third-order valence-electron chi connectivity index (χ3n) is 4.83. The number of nitrogens with one attached hydrogen (secondary N) is 1. The Morgan fingerprint density at radius 2 is 1.60 bits per heavy atom. The summed E-state index contributed by atoms with van der Waals surface area (Å²) < 4.78 is 10.9. The summed E-state index contributed by atoms with van der Waals surface area (Å²) in [7, 11) is 0. The maximum Gasteiger partial charge on any atom is 0.375 e. The lowest BCUT2D eigenvalue weighted by Crippen LogP contribution is -2.35. The molecular formula is C24H19NO5. The second-order valence-electron chi connectivity index (χ2n) is 6.93. The van der Waals surface area contributed by atoms with Crippen LogP contribution in [0.1, 0.15) is 21.7 Å².